The molecule has 3 aromatic rings. The van der Waals surface area contributed by atoms with Gasteiger partial charge < -0.3 is 5.11 Å². The van der Waals surface area contributed by atoms with Crippen LogP contribution in [0.2, 0.25) is 0 Å². The van der Waals surface area contributed by atoms with Crippen molar-refractivity contribution in [2.75, 3.05) is 42.9 Å². The van der Waals surface area contributed by atoms with E-state index in [1.807, 2.05) is 32.9 Å². The second-order valence-electron chi connectivity index (χ2n) is 8.94. The number of nitrogens with zero attached hydrogens (tertiary/aromatic N) is 6. The zero-order valence-corrected chi connectivity index (χ0v) is 23.9. The van der Waals surface area contributed by atoms with E-state index >= 15 is 0 Å². The Bertz CT molecular complexity index is 1430. The third-order valence-corrected chi connectivity index (χ3v) is 10.8. The topological polar surface area (TPSA) is 149 Å². The SMILES string of the molecule is Cc1nc(C)c(-c2ccnc(N(C=O)[C@@H](C)CN3CCN(S(=O)(=O)c4sc(NC(=O)O)nc4C)CC3)c2)s1. The number of hydrogen-bond acceptors (Lipinski definition) is 10. The molecule has 2 amide bonds. The number of sulfonamides is 1. The number of carbonyl (C=O) groups is 2. The Labute approximate surface area is 229 Å². The molecule has 0 spiro atoms. The van der Waals surface area contributed by atoms with Gasteiger partial charge in [-0.3, -0.25) is 19.9 Å². The van der Waals surface area contributed by atoms with E-state index < -0.39 is 16.1 Å². The number of thiazole rings is 2. The lowest BCUT2D eigenvalue weighted by Gasteiger charge is -2.36. The van der Waals surface area contributed by atoms with Crippen LogP contribution in [-0.2, 0) is 14.8 Å². The minimum atomic E-state index is -3.81. The number of pyridine rings is 1. The molecule has 0 unspecified atom stereocenters. The van der Waals surface area contributed by atoms with Gasteiger partial charge in [0.2, 0.25) is 6.41 Å². The van der Waals surface area contributed by atoms with Gasteiger partial charge in [0.25, 0.3) is 10.0 Å². The maximum Gasteiger partial charge on any atom is 0.410 e. The Morgan fingerprint density at radius 3 is 2.50 bits per heavy atom. The van der Waals surface area contributed by atoms with Crippen LogP contribution < -0.4 is 10.2 Å². The van der Waals surface area contributed by atoms with E-state index in [1.54, 1.807) is 29.4 Å². The van der Waals surface area contributed by atoms with Crippen molar-refractivity contribution in [1.29, 1.82) is 0 Å². The fourth-order valence-corrected chi connectivity index (χ4v) is 8.26. The molecule has 0 aromatic carbocycles. The average molecular weight is 580 g/mol. The van der Waals surface area contributed by atoms with E-state index in [4.69, 9.17) is 5.11 Å². The first-order valence-electron chi connectivity index (χ1n) is 11.8. The predicted octanol–water partition coefficient (Wildman–Crippen LogP) is 3.03. The molecule has 0 radical (unpaired) electrons. The zero-order chi connectivity index (χ0) is 27.6. The fraction of sp³-hybridized carbons (Fsp3) is 0.435. The average Bonchev–Trinajstić information content (AvgIpc) is 3.40. The Hall–Kier alpha value is -2.98. The summed E-state index contributed by atoms with van der Waals surface area (Å²) in [5, 5.41) is 12.0. The molecule has 3 aromatic heterocycles. The summed E-state index contributed by atoms with van der Waals surface area (Å²) in [5.41, 5.74) is 2.15. The Morgan fingerprint density at radius 2 is 1.89 bits per heavy atom. The normalized spacial score (nSPS) is 15.8. The van der Waals surface area contributed by atoms with Gasteiger partial charge in [-0.1, -0.05) is 11.3 Å². The minimum Gasteiger partial charge on any atom is -0.465 e. The number of aromatic nitrogens is 3. The highest BCUT2D eigenvalue weighted by Gasteiger charge is 2.33. The molecule has 1 atom stereocenters. The number of aryl methyl sites for hydroxylation is 3. The maximum absolute atomic E-state index is 13.2. The van der Waals surface area contributed by atoms with E-state index in [1.165, 1.54) is 4.31 Å². The lowest BCUT2D eigenvalue weighted by molar-refractivity contribution is -0.108. The minimum absolute atomic E-state index is 0.0216. The highest BCUT2D eigenvalue weighted by atomic mass is 32.2. The molecule has 0 bridgehead atoms. The molecule has 1 aliphatic heterocycles. The Morgan fingerprint density at radius 1 is 1.18 bits per heavy atom. The van der Waals surface area contributed by atoms with Crippen molar-refractivity contribution < 1.29 is 23.1 Å². The third-order valence-electron chi connectivity index (χ3n) is 6.16. The molecule has 1 saturated heterocycles. The largest absolute Gasteiger partial charge is 0.465 e. The summed E-state index contributed by atoms with van der Waals surface area (Å²) in [4.78, 5) is 40.6. The first-order valence-corrected chi connectivity index (χ1v) is 14.9. The van der Waals surface area contributed by atoms with Gasteiger partial charge >= 0.3 is 6.09 Å². The summed E-state index contributed by atoms with van der Waals surface area (Å²) in [6, 6.07) is 3.60. The molecule has 12 nitrogen and oxygen atoms in total. The van der Waals surface area contributed by atoms with Crippen LogP contribution in [0, 0.1) is 20.8 Å². The number of piperazine rings is 1. The van der Waals surface area contributed by atoms with E-state index in [0.717, 1.165) is 38.9 Å². The lowest BCUT2D eigenvalue weighted by atomic mass is 10.2. The van der Waals surface area contributed by atoms with Crippen LogP contribution in [-0.4, -0.2) is 89.0 Å². The van der Waals surface area contributed by atoms with Crippen molar-refractivity contribution in [2.24, 2.45) is 0 Å². The highest BCUT2D eigenvalue weighted by Crippen LogP contribution is 2.32. The molecule has 0 saturated carbocycles. The molecule has 4 heterocycles. The van der Waals surface area contributed by atoms with Crippen molar-refractivity contribution in [2.45, 2.75) is 37.9 Å². The quantitative estimate of drug-likeness (QED) is 0.365. The first-order chi connectivity index (χ1) is 18.0. The van der Waals surface area contributed by atoms with Crippen LogP contribution in [0.5, 0.6) is 0 Å². The fourth-order valence-electron chi connectivity index (χ4n) is 4.38. The standard InChI is InChI=1S/C23H29N7O5S3/c1-14(30(13-31)19-11-18(5-6-24-19)20-15(2)25-17(4)36-20)12-28-7-9-29(10-8-28)38(34,35)21-16(3)26-22(37-21)27-23(32)33/h5-6,11,13-14H,7-10,12H2,1-4H3,(H,26,27)(H,32,33)/t14-/m0/s1. The summed E-state index contributed by atoms with van der Waals surface area (Å²) in [6.07, 6.45) is 1.16. The lowest BCUT2D eigenvalue weighted by Crippen LogP contribution is -2.52. The number of anilines is 2. The third kappa shape index (κ3) is 6.02. The van der Waals surface area contributed by atoms with E-state index in [2.05, 4.69) is 25.2 Å². The van der Waals surface area contributed by atoms with Crippen LogP contribution in [0.25, 0.3) is 10.4 Å². The van der Waals surface area contributed by atoms with Gasteiger partial charge in [0, 0.05) is 45.0 Å². The van der Waals surface area contributed by atoms with Crippen molar-refractivity contribution in [3.63, 3.8) is 0 Å². The molecule has 1 fully saturated rings. The number of hydrogen-bond donors (Lipinski definition) is 2. The molecule has 2 N–H and O–H groups in total. The number of carbonyl (C=O) groups excluding carboxylic acids is 1. The summed E-state index contributed by atoms with van der Waals surface area (Å²) in [6.45, 7) is 9.46. The Balaban J connectivity index is 1.40. The molecule has 4 rings (SSSR count). The molecule has 204 valence electrons. The van der Waals surface area contributed by atoms with Crippen LogP contribution in [0.3, 0.4) is 0 Å². The van der Waals surface area contributed by atoms with Crippen LogP contribution in [0.1, 0.15) is 23.3 Å². The second-order valence-corrected chi connectivity index (χ2v) is 13.3. The smallest absolute Gasteiger partial charge is 0.410 e. The predicted molar refractivity (Wildman–Crippen MR) is 147 cm³/mol. The van der Waals surface area contributed by atoms with Gasteiger partial charge in [-0.25, -0.2) is 28.2 Å². The molecule has 38 heavy (non-hydrogen) atoms. The van der Waals surface area contributed by atoms with E-state index in [-0.39, 0.29) is 34.2 Å². The van der Waals surface area contributed by atoms with Crippen molar-refractivity contribution >= 4 is 56.1 Å². The van der Waals surface area contributed by atoms with Crippen LogP contribution in [0.15, 0.2) is 22.5 Å². The number of carboxylic acid groups (broad SMARTS) is 1. The monoisotopic (exact) mass is 579 g/mol. The molecule has 15 heteroatoms. The first kappa shape index (κ1) is 28.0. The van der Waals surface area contributed by atoms with Crippen LogP contribution >= 0.6 is 22.7 Å². The van der Waals surface area contributed by atoms with Crippen molar-refractivity contribution in [3.8, 4) is 10.4 Å². The second kappa shape index (κ2) is 11.4. The van der Waals surface area contributed by atoms with Crippen molar-refractivity contribution in [1.82, 2.24) is 24.2 Å². The van der Waals surface area contributed by atoms with Gasteiger partial charge in [-0.15, -0.1) is 11.3 Å². The number of rotatable bonds is 9. The molecule has 1 aliphatic rings. The summed E-state index contributed by atoms with van der Waals surface area (Å²) in [7, 11) is -3.81. The summed E-state index contributed by atoms with van der Waals surface area (Å²) < 4.78 is 27.8. The number of nitrogens with one attached hydrogen (secondary N) is 1. The molecular weight excluding hydrogens is 550 g/mol. The van der Waals surface area contributed by atoms with Gasteiger partial charge in [0.15, 0.2) is 9.34 Å². The summed E-state index contributed by atoms with van der Waals surface area (Å²) >= 11 is 2.40. The van der Waals surface area contributed by atoms with Crippen molar-refractivity contribution in [3.05, 3.63) is 34.7 Å². The highest BCUT2D eigenvalue weighted by molar-refractivity contribution is 7.91. The van der Waals surface area contributed by atoms with Gasteiger partial charge in [0.05, 0.1) is 21.3 Å². The molecular formula is C23H29N7O5S3. The van der Waals surface area contributed by atoms with Gasteiger partial charge in [0.1, 0.15) is 5.82 Å². The summed E-state index contributed by atoms with van der Waals surface area (Å²) in [5.74, 6) is 0.545. The zero-order valence-electron chi connectivity index (χ0n) is 21.4. The van der Waals surface area contributed by atoms with Crippen LogP contribution in [0.4, 0.5) is 15.7 Å². The number of amides is 2. The van der Waals surface area contributed by atoms with Gasteiger partial charge in [-0.05, 0) is 45.4 Å². The molecule has 0 aliphatic carbocycles. The van der Waals surface area contributed by atoms with E-state index in [9.17, 15) is 18.0 Å². The van der Waals surface area contributed by atoms with E-state index in [0.29, 0.717) is 25.5 Å². The Kier molecular flexibility index (Phi) is 8.42. The maximum atomic E-state index is 13.2. The van der Waals surface area contributed by atoms with Gasteiger partial charge in [-0.2, -0.15) is 4.31 Å².